The summed E-state index contributed by atoms with van der Waals surface area (Å²) in [7, 11) is 1.69. The van der Waals surface area contributed by atoms with Gasteiger partial charge in [-0.05, 0) is 38.2 Å². The van der Waals surface area contributed by atoms with E-state index < -0.39 is 12.0 Å². The molecule has 1 N–H and O–H groups in total. The van der Waals surface area contributed by atoms with Gasteiger partial charge in [-0.2, -0.15) is 0 Å². The number of likely N-dealkylation sites (N-methyl/N-ethyl adjacent to an activating group) is 1. The van der Waals surface area contributed by atoms with Gasteiger partial charge in [0.15, 0.2) is 5.76 Å². The molecule has 0 radical (unpaired) electrons. The van der Waals surface area contributed by atoms with Gasteiger partial charge in [-0.15, -0.1) is 12.4 Å². The van der Waals surface area contributed by atoms with Gasteiger partial charge in [-0.1, -0.05) is 5.16 Å². The Hall–Kier alpha value is -1.92. The first kappa shape index (κ1) is 17.1. The van der Waals surface area contributed by atoms with E-state index in [1.54, 1.807) is 37.1 Å². The smallest absolute Gasteiger partial charge is 0.320 e. The molecule has 114 valence electrons. The molecule has 0 aliphatic rings. The summed E-state index contributed by atoms with van der Waals surface area (Å²) < 4.78 is 18.0. The molecule has 2 rings (SSSR count). The molecule has 1 aromatic heterocycles. The van der Waals surface area contributed by atoms with E-state index in [1.165, 1.54) is 12.1 Å². The van der Waals surface area contributed by atoms with Crippen LogP contribution in [-0.2, 0) is 11.3 Å². The van der Waals surface area contributed by atoms with Crippen molar-refractivity contribution >= 4 is 18.4 Å². The molecular weight excluding hydrogens is 299 g/mol. The predicted octanol–water partition coefficient (Wildman–Crippen LogP) is 2.81. The summed E-state index contributed by atoms with van der Waals surface area (Å²) >= 11 is 0. The SMILES string of the molecule is CC(C(=O)O)N(C)Cc1cc(-c2ccc(F)cc2)no1.Cl. The fraction of sp³-hybridized carbons (Fsp3) is 0.286. The molecule has 0 amide bonds. The van der Waals surface area contributed by atoms with Gasteiger partial charge < -0.3 is 9.63 Å². The Balaban J connectivity index is 0.00000220. The Morgan fingerprint density at radius 2 is 2.05 bits per heavy atom. The van der Waals surface area contributed by atoms with Crippen molar-refractivity contribution in [1.29, 1.82) is 0 Å². The van der Waals surface area contributed by atoms with E-state index in [1.807, 2.05) is 0 Å². The number of aliphatic carboxylic acids is 1. The van der Waals surface area contributed by atoms with Crippen molar-refractivity contribution in [3.8, 4) is 11.3 Å². The quantitative estimate of drug-likeness (QED) is 0.919. The summed E-state index contributed by atoms with van der Waals surface area (Å²) in [5, 5.41) is 12.8. The molecular formula is C14H16ClFN2O3. The van der Waals surface area contributed by atoms with Crippen molar-refractivity contribution in [2.75, 3.05) is 7.05 Å². The number of carbonyl (C=O) groups is 1. The number of hydrogen-bond donors (Lipinski definition) is 1. The molecule has 21 heavy (non-hydrogen) atoms. The number of carboxylic acid groups (broad SMARTS) is 1. The second kappa shape index (κ2) is 7.19. The lowest BCUT2D eigenvalue weighted by Gasteiger charge is -2.18. The van der Waals surface area contributed by atoms with E-state index in [0.29, 0.717) is 18.0 Å². The van der Waals surface area contributed by atoms with Gasteiger partial charge >= 0.3 is 5.97 Å². The normalized spacial score (nSPS) is 12.0. The van der Waals surface area contributed by atoms with Crippen molar-refractivity contribution in [3.63, 3.8) is 0 Å². The van der Waals surface area contributed by atoms with Gasteiger partial charge in [0, 0.05) is 11.6 Å². The maximum atomic E-state index is 12.8. The second-order valence-electron chi connectivity index (χ2n) is 4.61. The van der Waals surface area contributed by atoms with E-state index in [9.17, 15) is 9.18 Å². The third-order valence-corrected chi connectivity index (χ3v) is 3.12. The molecule has 5 nitrogen and oxygen atoms in total. The Kier molecular flexibility index (Phi) is 5.87. The molecule has 0 aliphatic carbocycles. The highest BCUT2D eigenvalue weighted by molar-refractivity contribution is 5.85. The van der Waals surface area contributed by atoms with E-state index in [0.717, 1.165) is 5.56 Å². The third kappa shape index (κ3) is 4.27. The minimum absolute atomic E-state index is 0. The lowest BCUT2D eigenvalue weighted by atomic mass is 10.1. The number of hydrogen-bond acceptors (Lipinski definition) is 4. The molecule has 0 aliphatic heterocycles. The number of aromatic nitrogens is 1. The summed E-state index contributed by atoms with van der Waals surface area (Å²) in [6.45, 7) is 1.93. The van der Waals surface area contributed by atoms with Crippen LogP contribution in [-0.4, -0.2) is 34.2 Å². The highest BCUT2D eigenvalue weighted by Gasteiger charge is 2.18. The summed E-state index contributed by atoms with van der Waals surface area (Å²) in [4.78, 5) is 12.5. The van der Waals surface area contributed by atoms with Crippen LogP contribution in [0.5, 0.6) is 0 Å². The average Bonchev–Trinajstić information content (AvgIpc) is 2.87. The van der Waals surface area contributed by atoms with Gasteiger partial charge in [0.1, 0.15) is 17.6 Å². The minimum Gasteiger partial charge on any atom is -0.480 e. The van der Waals surface area contributed by atoms with E-state index in [4.69, 9.17) is 9.63 Å². The molecule has 2 aromatic rings. The molecule has 0 bridgehead atoms. The number of rotatable bonds is 5. The van der Waals surface area contributed by atoms with Crippen LogP contribution in [0.3, 0.4) is 0 Å². The molecule has 0 spiro atoms. The maximum absolute atomic E-state index is 12.8. The zero-order chi connectivity index (χ0) is 14.7. The molecule has 0 saturated carbocycles. The topological polar surface area (TPSA) is 66.6 Å². The zero-order valence-electron chi connectivity index (χ0n) is 11.6. The minimum atomic E-state index is -0.897. The van der Waals surface area contributed by atoms with Crippen molar-refractivity contribution in [1.82, 2.24) is 10.1 Å². The predicted molar refractivity (Wildman–Crippen MR) is 77.7 cm³/mol. The first-order valence-electron chi connectivity index (χ1n) is 6.12. The van der Waals surface area contributed by atoms with Crippen molar-refractivity contribution < 1.29 is 18.8 Å². The third-order valence-electron chi connectivity index (χ3n) is 3.12. The molecule has 1 heterocycles. The lowest BCUT2D eigenvalue weighted by Crippen LogP contribution is -2.35. The number of benzene rings is 1. The summed E-state index contributed by atoms with van der Waals surface area (Å²) in [6.07, 6.45) is 0. The van der Waals surface area contributed by atoms with Gasteiger partial charge in [0.2, 0.25) is 0 Å². The van der Waals surface area contributed by atoms with E-state index >= 15 is 0 Å². The van der Waals surface area contributed by atoms with Gasteiger partial charge in [0.25, 0.3) is 0 Å². The standard InChI is InChI=1S/C14H15FN2O3.ClH/c1-9(14(18)19)17(2)8-12-7-13(16-20-12)10-3-5-11(15)6-4-10;/h3-7,9H,8H2,1-2H3,(H,18,19);1H. The van der Waals surface area contributed by atoms with Crippen molar-refractivity contribution in [2.45, 2.75) is 19.5 Å². The van der Waals surface area contributed by atoms with E-state index in [2.05, 4.69) is 5.16 Å². The zero-order valence-corrected chi connectivity index (χ0v) is 12.4. The van der Waals surface area contributed by atoms with Crippen LogP contribution in [0.2, 0.25) is 0 Å². The lowest BCUT2D eigenvalue weighted by molar-refractivity contribution is -0.142. The molecule has 1 aromatic carbocycles. The fourth-order valence-electron chi connectivity index (χ4n) is 1.72. The largest absolute Gasteiger partial charge is 0.480 e. The number of carboxylic acids is 1. The van der Waals surface area contributed by atoms with Crippen LogP contribution >= 0.6 is 12.4 Å². The van der Waals surface area contributed by atoms with Crippen LogP contribution in [0, 0.1) is 5.82 Å². The van der Waals surface area contributed by atoms with Crippen molar-refractivity contribution in [2.24, 2.45) is 0 Å². The summed E-state index contributed by atoms with van der Waals surface area (Å²) in [5.41, 5.74) is 1.34. The van der Waals surface area contributed by atoms with E-state index in [-0.39, 0.29) is 18.2 Å². The Bertz CT molecular complexity index is 601. The Morgan fingerprint density at radius 1 is 1.43 bits per heavy atom. The Labute approximate surface area is 127 Å². The first-order chi connectivity index (χ1) is 9.47. The highest BCUT2D eigenvalue weighted by atomic mass is 35.5. The highest BCUT2D eigenvalue weighted by Crippen LogP contribution is 2.20. The monoisotopic (exact) mass is 314 g/mol. The van der Waals surface area contributed by atoms with Gasteiger partial charge in [-0.25, -0.2) is 4.39 Å². The average molecular weight is 315 g/mol. The number of halogens is 2. The van der Waals surface area contributed by atoms with Crippen LogP contribution < -0.4 is 0 Å². The van der Waals surface area contributed by atoms with Crippen LogP contribution in [0.4, 0.5) is 4.39 Å². The molecule has 0 saturated heterocycles. The second-order valence-corrected chi connectivity index (χ2v) is 4.61. The van der Waals surface area contributed by atoms with Crippen LogP contribution in [0.25, 0.3) is 11.3 Å². The summed E-state index contributed by atoms with van der Waals surface area (Å²) in [6, 6.07) is 7.03. The van der Waals surface area contributed by atoms with Crippen LogP contribution in [0.15, 0.2) is 34.9 Å². The van der Waals surface area contributed by atoms with Gasteiger partial charge in [0.05, 0.1) is 6.54 Å². The first-order valence-corrected chi connectivity index (χ1v) is 6.12. The molecule has 7 heteroatoms. The number of nitrogens with zero attached hydrogens (tertiary/aromatic N) is 2. The summed E-state index contributed by atoms with van der Waals surface area (Å²) in [5.74, 6) is -0.654. The fourth-order valence-corrected chi connectivity index (χ4v) is 1.72. The van der Waals surface area contributed by atoms with Crippen LogP contribution in [0.1, 0.15) is 12.7 Å². The van der Waals surface area contributed by atoms with Gasteiger partial charge in [-0.3, -0.25) is 9.69 Å². The Morgan fingerprint density at radius 3 is 2.62 bits per heavy atom. The molecule has 1 atom stereocenters. The molecule has 1 unspecified atom stereocenters. The maximum Gasteiger partial charge on any atom is 0.320 e. The molecule has 0 fully saturated rings. The van der Waals surface area contributed by atoms with Crippen molar-refractivity contribution in [3.05, 3.63) is 41.9 Å².